The minimum atomic E-state index is -0.191. The van der Waals surface area contributed by atoms with Crippen LogP contribution in [0, 0.1) is 19.7 Å². The molecule has 18 heavy (non-hydrogen) atoms. The maximum Gasteiger partial charge on any atom is 0.128 e. The van der Waals surface area contributed by atoms with Gasteiger partial charge < -0.3 is 5.32 Å². The van der Waals surface area contributed by atoms with Crippen LogP contribution in [0.25, 0.3) is 0 Å². The van der Waals surface area contributed by atoms with E-state index in [1.807, 2.05) is 39.1 Å². The molecule has 0 bridgehead atoms. The van der Waals surface area contributed by atoms with E-state index >= 15 is 0 Å². The van der Waals surface area contributed by atoms with Gasteiger partial charge in [-0.3, -0.25) is 4.98 Å². The SMILES string of the molecule is CNC(c1cc(C)ccc1F)c1cccnc1C. The van der Waals surface area contributed by atoms with E-state index in [9.17, 15) is 4.39 Å². The van der Waals surface area contributed by atoms with Crippen molar-refractivity contribution in [3.05, 3.63) is 64.7 Å². The number of hydrogen-bond donors (Lipinski definition) is 1. The fourth-order valence-corrected chi connectivity index (χ4v) is 2.16. The largest absolute Gasteiger partial charge is 0.309 e. The average molecular weight is 244 g/mol. The number of pyridine rings is 1. The third-order valence-electron chi connectivity index (χ3n) is 3.11. The van der Waals surface area contributed by atoms with Gasteiger partial charge in [0.15, 0.2) is 0 Å². The minimum absolute atomic E-state index is 0.168. The fraction of sp³-hybridized carbons (Fsp3) is 0.267. The monoisotopic (exact) mass is 244 g/mol. The van der Waals surface area contributed by atoms with Crippen LogP contribution in [-0.4, -0.2) is 12.0 Å². The lowest BCUT2D eigenvalue weighted by Gasteiger charge is -2.19. The van der Waals surface area contributed by atoms with Gasteiger partial charge in [-0.15, -0.1) is 0 Å². The third kappa shape index (κ3) is 2.41. The first-order valence-electron chi connectivity index (χ1n) is 5.98. The van der Waals surface area contributed by atoms with Crippen LogP contribution >= 0.6 is 0 Å². The van der Waals surface area contributed by atoms with Gasteiger partial charge in [0, 0.05) is 17.5 Å². The van der Waals surface area contributed by atoms with Gasteiger partial charge in [-0.2, -0.15) is 0 Å². The molecule has 1 aromatic carbocycles. The molecular formula is C15H17FN2. The number of nitrogens with one attached hydrogen (secondary N) is 1. The lowest BCUT2D eigenvalue weighted by molar-refractivity contribution is 0.573. The van der Waals surface area contributed by atoms with Gasteiger partial charge in [-0.05, 0) is 38.6 Å². The lowest BCUT2D eigenvalue weighted by atomic mass is 9.96. The number of aromatic nitrogens is 1. The molecule has 2 rings (SSSR count). The predicted molar refractivity (Wildman–Crippen MR) is 71.0 cm³/mol. The van der Waals surface area contributed by atoms with Crippen LogP contribution in [0.1, 0.15) is 28.4 Å². The Morgan fingerprint density at radius 3 is 2.61 bits per heavy atom. The van der Waals surface area contributed by atoms with Crippen molar-refractivity contribution in [2.24, 2.45) is 0 Å². The molecule has 0 saturated carbocycles. The van der Waals surface area contributed by atoms with Crippen molar-refractivity contribution in [1.82, 2.24) is 10.3 Å². The average Bonchev–Trinajstić information content (AvgIpc) is 2.36. The summed E-state index contributed by atoms with van der Waals surface area (Å²) in [5, 5.41) is 3.16. The van der Waals surface area contributed by atoms with Crippen molar-refractivity contribution >= 4 is 0 Å². The standard InChI is InChI=1S/C15H17FN2/c1-10-6-7-14(16)13(9-10)15(17-3)12-5-4-8-18-11(12)2/h4-9,15,17H,1-3H3. The Balaban J connectivity index is 2.52. The second-order valence-corrected chi connectivity index (χ2v) is 4.42. The van der Waals surface area contributed by atoms with E-state index in [4.69, 9.17) is 0 Å². The first kappa shape index (κ1) is 12.7. The van der Waals surface area contributed by atoms with Gasteiger partial charge in [-0.25, -0.2) is 4.39 Å². The maximum absolute atomic E-state index is 14.0. The number of nitrogens with zero attached hydrogens (tertiary/aromatic N) is 1. The summed E-state index contributed by atoms with van der Waals surface area (Å²) in [6.07, 6.45) is 1.75. The normalized spacial score (nSPS) is 12.4. The molecule has 0 saturated heterocycles. The molecule has 2 aromatic rings. The topological polar surface area (TPSA) is 24.9 Å². The van der Waals surface area contributed by atoms with Crippen molar-refractivity contribution < 1.29 is 4.39 Å². The summed E-state index contributed by atoms with van der Waals surface area (Å²) in [6, 6.07) is 8.86. The number of halogens is 1. The van der Waals surface area contributed by atoms with E-state index in [2.05, 4.69) is 10.3 Å². The van der Waals surface area contributed by atoms with Crippen LogP contribution in [0.4, 0.5) is 4.39 Å². The highest BCUT2D eigenvalue weighted by Gasteiger charge is 2.18. The Kier molecular flexibility index (Phi) is 3.72. The second-order valence-electron chi connectivity index (χ2n) is 4.42. The molecule has 0 aliphatic rings. The van der Waals surface area contributed by atoms with Gasteiger partial charge in [0.25, 0.3) is 0 Å². The Hall–Kier alpha value is -1.74. The summed E-state index contributed by atoms with van der Waals surface area (Å²) in [6.45, 7) is 3.90. The summed E-state index contributed by atoms with van der Waals surface area (Å²) in [7, 11) is 1.83. The van der Waals surface area contributed by atoms with Crippen LogP contribution < -0.4 is 5.32 Å². The lowest BCUT2D eigenvalue weighted by Crippen LogP contribution is -2.20. The van der Waals surface area contributed by atoms with Gasteiger partial charge in [0.1, 0.15) is 5.82 Å². The first-order valence-corrected chi connectivity index (χ1v) is 5.98. The molecule has 0 aliphatic carbocycles. The Bertz CT molecular complexity index is 552. The highest BCUT2D eigenvalue weighted by atomic mass is 19.1. The fourth-order valence-electron chi connectivity index (χ4n) is 2.16. The summed E-state index contributed by atoms with van der Waals surface area (Å²) < 4.78 is 14.0. The molecule has 1 heterocycles. The minimum Gasteiger partial charge on any atom is -0.309 e. The highest BCUT2D eigenvalue weighted by molar-refractivity contribution is 5.36. The summed E-state index contributed by atoms with van der Waals surface area (Å²) in [5.41, 5.74) is 3.63. The Morgan fingerprint density at radius 1 is 1.17 bits per heavy atom. The van der Waals surface area contributed by atoms with Crippen molar-refractivity contribution in [3.8, 4) is 0 Å². The zero-order valence-electron chi connectivity index (χ0n) is 10.9. The van der Waals surface area contributed by atoms with Crippen molar-refractivity contribution in [2.45, 2.75) is 19.9 Å². The molecule has 1 unspecified atom stereocenters. The molecular weight excluding hydrogens is 227 g/mol. The molecule has 0 amide bonds. The van der Waals surface area contributed by atoms with Crippen molar-refractivity contribution in [1.29, 1.82) is 0 Å². The van der Waals surface area contributed by atoms with Crippen LogP contribution in [0.2, 0.25) is 0 Å². The quantitative estimate of drug-likeness (QED) is 0.897. The van der Waals surface area contributed by atoms with Crippen LogP contribution in [0.5, 0.6) is 0 Å². The maximum atomic E-state index is 14.0. The molecule has 0 radical (unpaired) electrons. The summed E-state index contributed by atoms with van der Waals surface area (Å²) in [5.74, 6) is -0.191. The van der Waals surface area contributed by atoms with Crippen LogP contribution in [0.15, 0.2) is 36.5 Å². The first-order chi connectivity index (χ1) is 8.63. The molecule has 1 aromatic heterocycles. The van der Waals surface area contributed by atoms with Gasteiger partial charge in [0.2, 0.25) is 0 Å². The number of hydrogen-bond acceptors (Lipinski definition) is 2. The number of aryl methyl sites for hydroxylation is 2. The van der Waals surface area contributed by atoms with Gasteiger partial charge in [-0.1, -0.05) is 23.8 Å². The second kappa shape index (κ2) is 5.27. The van der Waals surface area contributed by atoms with E-state index in [0.29, 0.717) is 5.56 Å². The molecule has 3 heteroatoms. The molecule has 1 N–H and O–H groups in total. The molecule has 0 spiro atoms. The van der Waals surface area contributed by atoms with Crippen LogP contribution in [-0.2, 0) is 0 Å². The molecule has 0 aliphatic heterocycles. The Labute approximate surface area is 107 Å². The predicted octanol–water partition coefficient (Wildman–Crippen LogP) is 3.15. The third-order valence-corrected chi connectivity index (χ3v) is 3.11. The number of benzene rings is 1. The van der Waals surface area contributed by atoms with E-state index in [1.54, 1.807) is 12.3 Å². The Morgan fingerprint density at radius 2 is 1.94 bits per heavy atom. The molecule has 1 atom stereocenters. The molecule has 0 fully saturated rings. The summed E-state index contributed by atoms with van der Waals surface area (Å²) in [4.78, 5) is 4.26. The number of rotatable bonds is 3. The van der Waals surface area contributed by atoms with Gasteiger partial charge >= 0.3 is 0 Å². The zero-order chi connectivity index (χ0) is 13.1. The van der Waals surface area contributed by atoms with Crippen molar-refractivity contribution in [3.63, 3.8) is 0 Å². The highest BCUT2D eigenvalue weighted by Crippen LogP contribution is 2.26. The zero-order valence-corrected chi connectivity index (χ0v) is 10.9. The summed E-state index contributed by atoms with van der Waals surface area (Å²) >= 11 is 0. The smallest absolute Gasteiger partial charge is 0.128 e. The van der Waals surface area contributed by atoms with Crippen LogP contribution in [0.3, 0.4) is 0 Å². The molecule has 94 valence electrons. The molecule has 2 nitrogen and oxygen atoms in total. The van der Waals surface area contributed by atoms with E-state index in [-0.39, 0.29) is 11.9 Å². The van der Waals surface area contributed by atoms with E-state index < -0.39 is 0 Å². The van der Waals surface area contributed by atoms with E-state index in [1.165, 1.54) is 6.07 Å². The van der Waals surface area contributed by atoms with Gasteiger partial charge in [0.05, 0.1) is 6.04 Å². The van der Waals surface area contributed by atoms with E-state index in [0.717, 1.165) is 16.8 Å². The van der Waals surface area contributed by atoms with Crippen molar-refractivity contribution in [2.75, 3.05) is 7.05 Å².